The zero-order chi connectivity index (χ0) is 17.2. The van der Waals surface area contributed by atoms with Crippen molar-refractivity contribution in [3.63, 3.8) is 0 Å². The second-order valence-electron chi connectivity index (χ2n) is 6.55. The Labute approximate surface area is 151 Å². The van der Waals surface area contributed by atoms with E-state index in [1.807, 2.05) is 36.5 Å². The van der Waals surface area contributed by atoms with Gasteiger partial charge in [0, 0.05) is 24.0 Å². The van der Waals surface area contributed by atoms with E-state index in [-0.39, 0.29) is 11.3 Å². The molecule has 0 N–H and O–H groups in total. The van der Waals surface area contributed by atoms with E-state index in [9.17, 15) is 4.79 Å². The number of carbonyl (C=O) groups is 1. The van der Waals surface area contributed by atoms with Crippen LogP contribution in [0.5, 0.6) is 0 Å². The zero-order valence-electron chi connectivity index (χ0n) is 13.9. The summed E-state index contributed by atoms with van der Waals surface area (Å²) in [6.07, 6.45) is 8.32. The SMILES string of the molecule is N#Cc1ccc(-c2cnccc2C2SCC(=O)N2C2CCCC2)cc1. The summed E-state index contributed by atoms with van der Waals surface area (Å²) in [5.41, 5.74) is 3.87. The lowest BCUT2D eigenvalue weighted by atomic mass is 10.00. The predicted octanol–water partition coefficient (Wildman–Crippen LogP) is 4.14. The Morgan fingerprint density at radius 2 is 1.92 bits per heavy atom. The average Bonchev–Trinajstić information content (AvgIpc) is 3.31. The second-order valence-corrected chi connectivity index (χ2v) is 7.62. The normalized spacial score (nSPS) is 20.8. The lowest BCUT2D eigenvalue weighted by molar-refractivity contribution is -0.130. The minimum absolute atomic E-state index is 0.0595. The number of benzene rings is 1. The van der Waals surface area contributed by atoms with Crippen LogP contribution in [0.2, 0.25) is 0 Å². The molecule has 2 heterocycles. The molecular weight excluding hydrogens is 330 g/mol. The molecule has 1 aliphatic heterocycles. The van der Waals surface area contributed by atoms with Gasteiger partial charge in [-0.15, -0.1) is 11.8 Å². The summed E-state index contributed by atoms with van der Waals surface area (Å²) in [5.74, 6) is 0.806. The molecule has 2 fully saturated rings. The maximum Gasteiger partial charge on any atom is 0.234 e. The van der Waals surface area contributed by atoms with Gasteiger partial charge in [0.2, 0.25) is 5.91 Å². The molecule has 0 radical (unpaired) electrons. The highest BCUT2D eigenvalue weighted by molar-refractivity contribution is 8.00. The van der Waals surface area contributed by atoms with Gasteiger partial charge in [-0.25, -0.2) is 0 Å². The first-order valence-electron chi connectivity index (χ1n) is 8.65. The van der Waals surface area contributed by atoms with Gasteiger partial charge >= 0.3 is 0 Å². The summed E-state index contributed by atoms with van der Waals surface area (Å²) < 4.78 is 0. The number of pyridine rings is 1. The van der Waals surface area contributed by atoms with E-state index in [1.54, 1.807) is 18.0 Å². The Balaban J connectivity index is 1.72. The Morgan fingerprint density at radius 3 is 2.64 bits per heavy atom. The maximum atomic E-state index is 12.5. The number of hydrogen-bond donors (Lipinski definition) is 0. The van der Waals surface area contributed by atoms with Crippen molar-refractivity contribution in [1.82, 2.24) is 9.88 Å². The highest BCUT2D eigenvalue weighted by Gasteiger charge is 2.39. The van der Waals surface area contributed by atoms with Gasteiger partial charge in [0.25, 0.3) is 0 Å². The number of aromatic nitrogens is 1. The molecule has 0 bridgehead atoms. The number of amides is 1. The van der Waals surface area contributed by atoms with Crippen LogP contribution in [0.4, 0.5) is 0 Å². The Bertz CT molecular complexity index is 822. The topological polar surface area (TPSA) is 57.0 Å². The molecule has 4 rings (SSSR count). The molecule has 0 spiro atoms. The number of carbonyl (C=O) groups excluding carboxylic acids is 1. The van der Waals surface area contributed by atoms with Crippen LogP contribution in [0, 0.1) is 11.3 Å². The van der Waals surface area contributed by atoms with Crippen molar-refractivity contribution in [3.05, 3.63) is 53.9 Å². The lowest BCUT2D eigenvalue weighted by Gasteiger charge is -2.31. The van der Waals surface area contributed by atoms with Gasteiger partial charge in [-0.05, 0) is 42.2 Å². The molecule has 5 heteroatoms. The molecule has 1 atom stereocenters. The monoisotopic (exact) mass is 349 g/mol. The number of nitrogens with zero attached hydrogens (tertiary/aromatic N) is 3. The van der Waals surface area contributed by atoms with Gasteiger partial charge in [-0.1, -0.05) is 25.0 Å². The van der Waals surface area contributed by atoms with Gasteiger partial charge in [-0.3, -0.25) is 9.78 Å². The average molecular weight is 349 g/mol. The van der Waals surface area contributed by atoms with Crippen LogP contribution in [0.15, 0.2) is 42.7 Å². The van der Waals surface area contributed by atoms with E-state index in [2.05, 4.69) is 16.0 Å². The molecule has 25 heavy (non-hydrogen) atoms. The molecule has 126 valence electrons. The van der Waals surface area contributed by atoms with Crippen LogP contribution in [-0.4, -0.2) is 27.6 Å². The molecule has 1 aliphatic carbocycles. The number of nitriles is 1. The van der Waals surface area contributed by atoms with Gasteiger partial charge < -0.3 is 4.90 Å². The summed E-state index contributed by atoms with van der Waals surface area (Å²) in [6, 6.07) is 12.1. The van der Waals surface area contributed by atoms with E-state index in [0.29, 0.717) is 17.4 Å². The first-order valence-corrected chi connectivity index (χ1v) is 9.70. The summed E-state index contributed by atoms with van der Waals surface area (Å²) in [7, 11) is 0. The van der Waals surface area contributed by atoms with Crippen molar-refractivity contribution in [1.29, 1.82) is 5.26 Å². The van der Waals surface area contributed by atoms with Crippen molar-refractivity contribution in [2.24, 2.45) is 0 Å². The second kappa shape index (κ2) is 6.89. The number of rotatable bonds is 3. The zero-order valence-corrected chi connectivity index (χ0v) is 14.7. The van der Waals surface area contributed by atoms with Crippen molar-refractivity contribution in [2.75, 3.05) is 5.75 Å². The van der Waals surface area contributed by atoms with Crippen molar-refractivity contribution in [3.8, 4) is 17.2 Å². The largest absolute Gasteiger partial charge is 0.323 e. The summed E-state index contributed by atoms with van der Waals surface area (Å²) >= 11 is 1.71. The minimum atomic E-state index is 0.0595. The van der Waals surface area contributed by atoms with Crippen LogP contribution in [-0.2, 0) is 4.79 Å². The Kier molecular flexibility index (Phi) is 4.46. The van der Waals surface area contributed by atoms with E-state index in [0.717, 1.165) is 29.5 Å². The Hall–Kier alpha value is -2.32. The molecule has 1 saturated carbocycles. The summed E-state index contributed by atoms with van der Waals surface area (Å²) in [4.78, 5) is 18.9. The fourth-order valence-electron chi connectivity index (χ4n) is 3.84. The summed E-state index contributed by atoms with van der Waals surface area (Å²) in [5, 5.41) is 9.06. The first-order chi connectivity index (χ1) is 12.3. The molecule has 4 nitrogen and oxygen atoms in total. The highest BCUT2D eigenvalue weighted by atomic mass is 32.2. The molecule has 1 amide bonds. The third-order valence-electron chi connectivity index (χ3n) is 5.07. The third-order valence-corrected chi connectivity index (χ3v) is 6.28. The quantitative estimate of drug-likeness (QED) is 0.836. The van der Waals surface area contributed by atoms with E-state index < -0.39 is 0 Å². The molecular formula is C20H19N3OS. The fraction of sp³-hybridized carbons (Fsp3) is 0.350. The Morgan fingerprint density at radius 1 is 1.16 bits per heavy atom. The minimum Gasteiger partial charge on any atom is -0.323 e. The van der Waals surface area contributed by atoms with Gasteiger partial charge in [0.1, 0.15) is 5.37 Å². The summed E-state index contributed by atoms with van der Waals surface area (Å²) in [6.45, 7) is 0. The highest BCUT2D eigenvalue weighted by Crippen LogP contribution is 2.45. The maximum absolute atomic E-state index is 12.5. The number of thioether (sulfide) groups is 1. The lowest BCUT2D eigenvalue weighted by Crippen LogP contribution is -2.36. The van der Waals surface area contributed by atoms with E-state index in [1.165, 1.54) is 12.8 Å². The van der Waals surface area contributed by atoms with Crippen molar-refractivity contribution in [2.45, 2.75) is 37.1 Å². The predicted molar refractivity (Wildman–Crippen MR) is 98.7 cm³/mol. The molecule has 1 unspecified atom stereocenters. The molecule has 2 aromatic rings. The molecule has 1 saturated heterocycles. The van der Waals surface area contributed by atoms with Crippen molar-refractivity contribution >= 4 is 17.7 Å². The van der Waals surface area contributed by atoms with E-state index >= 15 is 0 Å². The molecule has 2 aliphatic rings. The van der Waals surface area contributed by atoms with Crippen LogP contribution in [0.25, 0.3) is 11.1 Å². The van der Waals surface area contributed by atoms with Crippen LogP contribution >= 0.6 is 11.8 Å². The van der Waals surface area contributed by atoms with Crippen LogP contribution in [0.1, 0.15) is 42.2 Å². The van der Waals surface area contributed by atoms with Crippen molar-refractivity contribution < 1.29 is 4.79 Å². The molecule has 1 aromatic carbocycles. The first kappa shape index (κ1) is 16.2. The molecule has 1 aromatic heterocycles. The third kappa shape index (κ3) is 3.03. The number of hydrogen-bond acceptors (Lipinski definition) is 4. The van der Waals surface area contributed by atoms with Gasteiger partial charge in [-0.2, -0.15) is 5.26 Å². The van der Waals surface area contributed by atoms with Gasteiger partial charge in [0.05, 0.1) is 17.4 Å². The van der Waals surface area contributed by atoms with Crippen LogP contribution < -0.4 is 0 Å². The van der Waals surface area contributed by atoms with Crippen LogP contribution in [0.3, 0.4) is 0 Å². The van der Waals surface area contributed by atoms with E-state index in [4.69, 9.17) is 5.26 Å². The smallest absolute Gasteiger partial charge is 0.234 e. The fourth-order valence-corrected chi connectivity index (χ4v) is 5.12. The standard InChI is InChI=1S/C20H19N3OS/c21-11-14-5-7-15(8-6-14)18-12-22-10-9-17(18)20-23(19(24)13-25-20)16-3-1-2-4-16/h5-10,12,16,20H,1-4,13H2. The van der Waals surface area contributed by atoms with Gasteiger partial charge in [0.15, 0.2) is 0 Å².